The normalized spacial score (nSPS) is 11.5. The molecular weight excluding hydrogens is 486 g/mol. The van der Waals surface area contributed by atoms with Crippen molar-refractivity contribution >= 4 is 32.6 Å². The van der Waals surface area contributed by atoms with Crippen molar-refractivity contribution in [3.63, 3.8) is 0 Å². The second-order valence-electron chi connectivity index (χ2n) is 10.1. The van der Waals surface area contributed by atoms with Crippen LogP contribution in [0.25, 0.3) is 72.0 Å². The fourth-order valence-corrected chi connectivity index (χ4v) is 6.07. The van der Waals surface area contributed by atoms with E-state index >= 15 is 0 Å². The van der Waals surface area contributed by atoms with Gasteiger partial charge in [-0.25, -0.2) is 0 Å². The summed E-state index contributed by atoms with van der Waals surface area (Å²) in [4.78, 5) is 0. The van der Waals surface area contributed by atoms with E-state index in [9.17, 15) is 0 Å². The van der Waals surface area contributed by atoms with E-state index in [1.54, 1.807) is 0 Å². The maximum absolute atomic E-state index is 6.98. The summed E-state index contributed by atoms with van der Waals surface area (Å²) in [6.45, 7) is 0. The van der Waals surface area contributed by atoms with Gasteiger partial charge in [-0.1, -0.05) is 133 Å². The van der Waals surface area contributed by atoms with Crippen LogP contribution in [0.15, 0.2) is 156 Å². The lowest BCUT2D eigenvalue weighted by molar-refractivity contribution is 0.602. The molecule has 8 rings (SSSR count). The minimum Gasteiger partial charge on any atom is -0.455 e. The Balaban J connectivity index is 1.59. The van der Waals surface area contributed by atoms with Crippen molar-refractivity contribution < 1.29 is 4.42 Å². The summed E-state index contributed by atoms with van der Waals surface area (Å²) in [5.74, 6) is 1.78. The summed E-state index contributed by atoms with van der Waals surface area (Å²) in [5.41, 5.74) is 7.92. The second-order valence-corrected chi connectivity index (χ2v) is 10.1. The van der Waals surface area contributed by atoms with Crippen LogP contribution in [-0.4, -0.2) is 4.57 Å². The van der Waals surface area contributed by atoms with Gasteiger partial charge < -0.3 is 8.98 Å². The zero-order valence-corrected chi connectivity index (χ0v) is 21.8. The molecule has 0 aliphatic heterocycles. The van der Waals surface area contributed by atoms with Gasteiger partial charge in [0.1, 0.15) is 11.5 Å². The number of para-hydroxylation sites is 2. The van der Waals surface area contributed by atoms with Crippen molar-refractivity contribution in [3.05, 3.63) is 152 Å². The van der Waals surface area contributed by atoms with Crippen LogP contribution in [0.5, 0.6) is 0 Å². The molecule has 6 aromatic carbocycles. The van der Waals surface area contributed by atoms with Crippen LogP contribution in [0.3, 0.4) is 0 Å². The van der Waals surface area contributed by atoms with E-state index in [4.69, 9.17) is 4.42 Å². The van der Waals surface area contributed by atoms with Gasteiger partial charge in [0.15, 0.2) is 0 Å². The molecule has 0 amide bonds. The maximum Gasteiger partial charge on any atom is 0.145 e. The lowest BCUT2D eigenvalue weighted by atomic mass is 9.93. The molecule has 0 radical (unpaired) electrons. The molecule has 2 heteroatoms. The van der Waals surface area contributed by atoms with Crippen molar-refractivity contribution in [1.29, 1.82) is 0 Å². The number of aromatic nitrogens is 1. The van der Waals surface area contributed by atoms with Crippen LogP contribution < -0.4 is 0 Å². The Morgan fingerprint density at radius 2 is 0.950 bits per heavy atom. The lowest BCUT2D eigenvalue weighted by Crippen LogP contribution is -1.96. The molecule has 0 saturated heterocycles. The molecule has 0 atom stereocenters. The third-order valence-corrected chi connectivity index (χ3v) is 7.82. The molecule has 2 aromatic heterocycles. The SMILES string of the molecule is c1ccc(-c2ccc3c4ccccc4n(-c4ccccc4)c3c2-c2oc(-c3ccccc3)c3ccccc23)cc1. The zero-order chi connectivity index (χ0) is 26.5. The van der Waals surface area contributed by atoms with E-state index in [2.05, 4.69) is 150 Å². The Morgan fingerprint density at radius 1 is 0.400 bits per heavy atom. The molecule has 0 fully saturated rings. The minimum absolute atomic E-state index is 0.888. The predicted octanol–water partition coefficient (Wildman–Crippen LogP) is 10.5. The van der Waals surface area contributed by atoms with Gasteiger partial charge >= 0.3 is 0 Å². The zero-order valence-electron chi connectivity index (χ0n) is 21.8. The van der Waals surface area contributed by atoms with E-state index in [1.807, 2.05) is 6.07 Å². The van der Waals surface area contributed by atoms with Crippen molar-refractivity contribution in [3.8, 4) is 39.5 Å². The largest absolute Gasteiger partial charge is 0.455 e. The summed E-state index contributed by atoms with van der Waals surface area (Å²) < 4.78 is 9.38. The van der Waals surface area contributed by atoms with Crippen LogP contribution in [0, 0.1) is 0 Å². The van der Waals surface area contributed by atoms with E-state index < -0.39 is 0 Å². The highest BCUT2D eigenvalue weighted by atomic mass is 16.3. The number of fused-ring (bicyclic) bond motifs is 4. The van der Waals surface area contributed by atoms with Gasteiger partial charge in [0, 0.05) is 32.8 Å². The lowest BCUT2D eigenvalue weighted by Gasteiger charge is -2.15. The van der Waals surface area contributed by atoms with E-state index in [-0.39, 0.29) is 0 Å². The summed E-state index contributed by atoms with van der Waals surface area (Å²) >= 11 is 0. The van der Waals surface area contributed by atoms with Crippen molar-refractivity contribution in [2.75, 3.05) is 0 Å². The van der Waals surface area contributed by atoms with Crippen LogP contribution >= 0.6 is 0 Å². The van der Waals surface area contributed by atoms with Crippen molar-refractivity contribution in [2.45, 2.75) is 0 Å². The molecule has 8 aromatic rings. The number of benzene rings is 6. The fourth-order valence-electron chi connectivity index (χ4n) is 6.07. The van der Waals surface area contributed by atoms with Gasteiger partial charge in [0.05, 0.1) is 16.6 Å². The smallest absolute Gasteiger partial charge is 0.145 e. The standard InChI is InChI=1S/C38H25NO/c1-4-14-26(15-5-1)29-24-25-31-30-20-12-13-23-34(30)39(28-18-8-3-9-19-28)36(31)35(29)38-33-22-11-10-21-32(33)37(40-38)27-16-6-2-7-17-27/h1-25H. The number of furan rings is 1. The molecular formula is C38H25NO. The first-order valence-electron chi connectivity index (χ1n) is 13.6. The summed E-state index contributed by atoms with van der Waals surface area (Å²) in [6, 6.07) is 53.4. The van der Waals surface area contributed by atoms with Gasteiger partial charge in [-0.3, -0.25) is 0 Å². The Morgan fingerprint density at radius 3 is 1.65 bits per heavy atom. The quantitative estimate of drug-likeness (QED) is 0.230. The summed E-state index contributed by atoms with van der Waals surface area (Å²) in [6.07, 6.45) is 0. The number of nitrogens with zero attached hydrogens (tertiary/aromatic N) is 1. The fraction of sp³-hybridized carbons (Fsp3) is 0. The molecule has 0 bridgehead atoms. The van der Waals surface area contributed by atoms with E-state index in [0.29, 0.717) is 0 Å². The second kappa shape index (κ2) is 9.14. The molecule has 40 heavy (non-hydrogen) atoms. The molecule has 0 N–H and O–H groups in total. The first-order chi connectivity index (χ1) is 19.9. The summed E-state index contributed by atoms with van der Waals surface area (Å²) in [5, 5.41) is 4.65. The highest BCUT2D eigenvalue weighted by Gasteiger charge is 2.25. The highest BCUT2D eigenvalue weighted by Crippen LogP contribution is 2.48. The van der Waals surface area contributed by atoms with Crippen molar-refractivity contribution in [2.24, 2.45) is 0 Å². The molecule has 2 nitrogen and oxygen atoms in total. The molecule has 188 valence electrons. The number of rotatable bonds is 4. The van der Waals surface area contributed by atoms with Crippen LogP contribution in [0.2, 0.25) is 0 Å². The monoisotopic (exact) mass is 511 g/mol. The minimum atomic E-state index is 0.888. The highest BCUT2D eigenvalue weighted by molar-refractivity contribution is 6.18. The third-order valence-electron chi connectivity index (χ3n) is 7.82. The molecule has 2 heterocycles. The van der Waals surface area contributed by atoms with Gasteiger partial charge in [-0.15, -0.1) is 0 Å². The summed E-state index contributed by atoms with van der Waals surface area (Å²) in [7, 11) is 0. The maximum atomic E-state index is 6.98. The topological polar surface area (TPSA) is 18.1 Å². The first kappa shape index (κ1) is 22.6. The predicted molar refractivity (Wildman–Crippen MR) is 167 cm³/mol. The van der Waals surface area contributed by atoms with Crippen LogP contribution in [0.1, 0.15) is 0 Å². The Kier molecular flexibility index (Phi) is 5.17. The molecule has 0 aliphatic rings. The molecule has 0 unspecified atom stereocenters. The first-order valence-corrected chi connectivity index (χ1v) is 13.6. The number of hydrogen-bond acceptors (Lipinski definition) is 1. The molecule has 0 spiro atoms. The van der Waals surface area contributed by atoms with E-state index in [0.717, 1.165) is 55.8 Å². The number of hydrogen-bond donors (Lipinski definition) is 0. The van der Waals surface area contributed by atoms with Gasteiger partial charge in [0.25, 0.3) is 0 Å². The Hall–Kier alpha value is -5.34. The van der Waals surface area contributed by atoms with Gasteiger partial charge in [-0.05, 0) is 29.3 Å². The third kappa shape index (κ3) is 3.43. The Bertz CT molecular complexity index is 2140. The average molecular weight is 512 g/mol. The average Bonchev–Trinajstić information content (AvgIpc) is 3.58. The van der Waals surface area contributed by atoms with Crippen LogP contribution in [-0.2, 0) is 0 Å². The van der Waals surface area contributed by atoms with Crippen LogP contribution in [0.4, 0.5) is 0 Å². The van der Waals surface area contributed by atoms with Crippen molar-refractivity contribution in [1.82, 2.24) is 4.57 Å². The molecule has 0 saturated carbocycles. The van der Waals surface area contributed by atoms with E-state index in [1.165, 1.54) is 16.3 Å². The molecule has 0 aliphatic carbocycles. The van der Waals surface area contributed by atoms with Gasteiger partial charge in [-0.2, -0.15) is 0 Å². The Labute approximate surface area is 232 Å². The van der Waals surface area contributed by atoms with Gasteiger partial charge in [0.2, 0.25) is 0 Å².